The highest BCUT2D eigenvalue weighted by Gasteiger charge is 2.24. The van der Waals surface area contributed by atoms with E-state index in [1.807, 2.05) is 25.1 Å². The Morgan fingerprint density at radius 2 is 2.11 bits per heavy atom. The quantitative estimate of drug-likeness (QED) is 0.281. The second kappa shape index (κ2) is 8.57. The van der Waals surface area contributed by atoms with E-state index in [2.05, 4.69) is 25.2 Å². The molecule has 1 amide bonds. The second-order valence-corrected chi connectivity index (χ2v) is 6.77. The van der Waals surface area contributed by atoms with Gasteiger partial charge >= 0.3 is 5.97 Å². The molecule has 0 radical (unpaired) electrons. The van der Waals surface area contributed by atoms with Gasteiger partial charge in [-0.05, 0) is 53.6 Å². The fourth-order valence-electron chi connectivity index (χ4n) is 2.39. The lowest BCUT2D eigenvalue weighted by molar-refractivity contribution is -0.135. The van der Waals surface area contributed by atoms with Crippen LogP contribution in [0.2, 0.25) is 0 Å². The zero-order valence-corrected chi connectivity index (χ0v) is 15.8. The van der Waals surface area contributed by atoms with Crippen LogP contribution in [-0.4, -0.2) is 35.4 Å². The van der Waals surface area contributed by atoms with Gasteiger partial charge in [0.1, 0.15) is 0 Å². The van der Waals surface area contributed by atoms with Crippen molar-refractivity contribution in [3.63, 3.8) is 0 Å². The van der Waals surface area contributed by atoms with Gasteiger partial charge in [0.25, 0.3) is 5.91 Å². The highest BCUT2D eigenvalue weighted by atomic mass is 32.2. The molecule has 1 aromatic heterocycles. The predicted molar refractivity (Wildman–Crippen MR) is 105 cm³/mol. The van der Waals surface area contributed by atoms with Gasteiger partial charge < -0.3 is 4.74 Å². The number of benzene rings is 1. The molecule has 7 nitrogen and oxygen atoms in total. The summed E-state index contributed by atoms with van der Waals surface area (Å²) in [6.45, 7) is 1.93. The van der Waals surface area contributed by atoms with Crippen LogP contribution >= 0.6 is 11.8 Å². The van der Waals surface area contributed by atoms with Gasteiger partial charge in [-0.25, -0.2) is 9.78 Å². The van der Waals surface area contributed by atoms with E-state index in [9.17, 15) is 14.0 Å². The van der Waals surface area contributed by atoms with Crippen molar-refractivity contribution < 1.29 is 18.7 Å². The van der Waals surface area contributed by atoms with Gasteiger partial charge in [0.05, 0.1) is 18.2 Å². The summed E-state index contributed by atoms with van der Waals surface area (Å²) in [6.07, 6.45) is 4.09. The first-order valence-corrected chi connectivity index (χ1v) is 8.90. The lowest BCUT2D eigenvalue weighted by Crippen LogP contribution is -2.19. The molecule has 1 aliphatic rings. The second-order valence-electron chi connectivity index (χ2n) is 5.74. The fraction of sp³-hybridized carbons (Fsp3) is 0.105. The normalized spacial score (nSPS) is 16.8. The van der Waals surface area contributed by atoms with Crippen molar-refractivity contribution in [3.8, 4) is 11.1 Å². The van der Waals surface area contributed by atoms with E-state index in [-0.39, 0.29) is 10.1 Å². The van der Waals surface area contributed by atoms with Crippen LogP contribution in [0.15, 0.2) is 57.7 Å². The van der Waals surface area contributed by atoms with Gasteiger partial charge in [0, 0.05) is 17.8 Å². The number of methoxy groups -OCH3 is 1. The lowest BCUT2D eigenvalue weighted by atomic mass is 10.0. The molecule has 0 bridgehead atoms. The van der Waals surface area contributed by atoms with E-state index >= 15 is 0 Å². The molecule has 0 unspecified atom stereocenters. The lowest BCUT2D eigenvalue weighted by Gasteiger charge is -2.04. The van der Waals surface area contributed by atoms with Crippen molar-refractivity contribution in [3.05, 3.63) is 64.6 Å². The number of carbonyl (C=O) groups excluding carboxylic acids is 2. The molecule has 1 saturated heterocycles. The Morgan fingerprint density at radius 3 is 2.82 bits per heavy atom. The van der Waals surface area contributed by atoms with Crippen molar-refractivity contribution in [1.29, 1.82) is 0 Å². The van der Waals surface area contributed by atoms with Crippen LogP contribution in [0.1, 0.15) is 11.1 Å². The number of halogens is 1. The van der Waals surface area contributed by atoms with Gasteiger partial charge in [-0.15, -0.1) is 5.10 Å². The first-order chi connectivity index (χ1) is 13.4. The Morgan fingerprint density at radius 1 is 1.29 bits per heavy atom. The molecule has 9 heteroatoms. The largest absolute Gasteiger partial charge is 0.466 e. The molecule has 1 N–H and O–H groups in total. The number of pyridine rings is 1. The van der Waals surface area contributed by atoms with Crippen LogP contribution in [0.5, 0.6) is 0 Å². The molecule has 0 atom stereocenters. The first kappa shape index (κ1) is 19.4. The van der Waals surface area contributed by atoms with Crippen LogP contribution < -0.4 is 5.32 Å². The number of hydrogen-bond acceptors (Lipinski definition) is 7. The van der Waals surface area contributed by atoms with Gasteiger partial charge in [-0.2, -0.15) is 9.49 Å². The van der Waals surface area contributed by atoms with Crippen molar-refractivity contribution in [2.45, 2.75) is 6.92 Å². The van der Waals surface area contributed by atoms with E-state index in [0.717, 1.165) is 40.1 Å². The van der Waals surface area contributed by atoms with Crippen molar-refractivity contribution in [2.24, 2.45) is 10.2 Å². The number of hydrogen-bond donors (Lipinski definition) is 1. The van der Waals surface area contributed by atoms with Gasteiger partial charge in [-0.3, -0.25) is 10.1 Å². The summed E-state index contributed by atoms with van der Waals surface area (Å²) in [5.74, 6) is -1.60. The molecular weight excluding hydrogens is 383 g/mol. The third-order valence-corrected chi connectivity index (χ3v) is 4.52. The average molecular weight is 398 g/mol. The molecule has 2 heterocycles. The smallest absolute Gasteiger partial charge is 0.331 e. The number of rotatable bonds is 4. The molecule has 142 valence electrons. The minimum absolute atomic E-state index is 0.183. The molecule has 1 aliphatic heterocycles. The molecule has 2 aromatic rings. The number of carbonyl (C=O) groups is 2. The minimum atomic E-state index is -0.620. The molecule has 28 heavy (non-hydrogen) atoms. The Balaban J connectivity index is 1.77. The Hall–Kier alpha value is -3.33. The highest BCUT2D eigenvalue weighted by Crippen LogP contribution is 2.24. The summed E-state index contributed by atoms with van der Waals surface area (Å²) < 4.78 is 17.5. The van der Waals surface area contributed by atoms with E-state index in [0.29, 0.717) is 0 Å². The van der Waals surface area contributed by atoms with E-state index < -0.39 is 17.8 Å². The predicted octanol–water partition coefficient (Wildman–Crippen LogP) is 2.81. The molecule has 3 rings (SSSR count). The minimum Gasteiger partial charge on any atom is -0.466 e. The number of esters is 1. The summed E-state index contributed by atoms with van der Waals surface area (Å²) >= 11 is 0.994. The highest BCUT2D eigenvalue weighted by molar-refractivity contribution is 8.18. The Kier molecular flexibility index (Phi) is 5.95. The molecule has 0 saturated carbocycles. The number of amides is 1. The molecular formula is C19H15FN4O3S. The number of aromatic nitrogens is 1. The maximum absolute atomic E-state index is 13.0. The molecule has 1 aromatic carbocycles. The summed E-state index contributed by atoms with van der Waals surface area (Å²) in [5.41, 5.74) is 3.42. The third kappa shape index (κ3) is 4.89. The van der Waals surface area contributed by atoms with E-state index in [4.69, 9.17) is 0 Å². The van der Waals surface area contributed by atoms with Crippen LogP contribution in [0.3, 0.4) is 0 Å². The van der Waals surface area contributed by atoms with Crippen molar-refractivity contribution in [2.75, 3.05) is 7.11 Å². The van der Waals surface area contributed by atoms with Crippen LogP contribution in [0.25, 0.3) is 11.1 Å². The summed E-state index contributed by atoms with van der Waals surface area (Å²) in [4.78, 5) is 26.8. The van der Waals surface area contributed by atoms with E-state index in [1.165, 1.54) is 25.6 Å². The SMILES string of the molecule is COC(=O)/C=C1/S/C(=N\N=Cc2cc(C)cc(-c3ccc(F)nc3)c2)NC1=O. The van der Waals surface area contributed by atoms with Crippen molar-refractivity contribution >= 4 is 35.0 Å². The maximum atomic E-state index is 13.0. The average Bonchev–Trinajstić information content (AvgIpc) is 3.01. The van der Waals surface area contributed by atoms with Crippen LogP contribution in [0.4, 0.5) is 4.39 Å². The topological polar surface area (TPSA) is 93.0 Å². The molecule has 1 fully saturated rings. The fourth-order valence-corrected chi connectivity index (χ4v) is 3.13. The summed E-state index contributed by atoms with van der Waals surface area (Å²) in [7, 11) is 1.23. The van der Waals surface area contributed by atoms with Crippen LogP contribution in [0, 0.1) is 12.9 Å². The van der Waals surface area contributed by atoms with Gasteiger partial charge in [-0.1, -0.05) is 12.1 Å². The van der Waals surface area contributed by atoms with Gasteiger partial charge in [0.2, 0.25) is 5.95 Å². The zero-order valence-electron chi connectivity index (χ0n) is 15.0. The zero-order chi connectivity index (χ0) is 20.1. The van der Waals surface area contributed by atoms with Gasteiger partial charge in [0.15, 0.2) is 5.17 Å². The standard InChI is InChI=1S/C19H15FN4O3S/c1-11-5-12(7-14(6-11)13-3-4-16(20)21-10-13)9-22-24-19-23-18(26)15(28-19)8-17(25)27-2/h3-10H,1-2H3,(H,23,24,26)/b15-8+,22-9?. The molecule has 0 spiro atoms. The number of aryl methyl sites for hydroxylation is 1. The maximum Gasteiger partial charge on any atom is 0.331 e. The monoisotopic (exact) mass is 398 g/mol. The number of ether oxygens (including phenoxy) is 1. The summed E-state index contributed by atoms with van der Waals surface area (Å²) in [6, 6.07) is 8.69. The first-order valence-electron chi connectivity index (χ1n) is 8.08. The Bertz CT molecular complexity index is 1020. The van der Waals surface area contributed by atoms with Crippen LogP contribution in [-0.2, 0) is 14.3 Å². The summed E-state index contributed by atoms with van der Waals surface area (Å²) in [5, 5.41) is 10.7. The number of amidine groups is 1. The third-order valence-electron chi connectivity index (χ3n) is 3.62. The van der Waals surface area contributed by atoms with Crippen molar-refractivity contribution in [1.82, 2.24) is 10.3 Å². The molecule has 0 aliphatic carbocycles. The number of nitrogens with one attached hydrogen (secondary N) is 1. The number of nitrogens with zero attached hydrogens (tertiary/aromatic N) is 3. The Labute approximate surface area is 164 Å². The number of thioether (sulfide) groups is 1. The van der Waals surface area contributed by atoms with E-state index in [1.54, 1.807) is 6.07 Å².